The van der Waals surface area contributed by atoms with E-state index in [2.05, 4.69) is 10.0 Å². The minimum atomic E-state index is -3.92. The molecule has 4 aromatic carbocycles. The molecule has 0 aliphatic rings. The summed E-state index contributed by atoms with van der Waals surface area (Å²) in [6.45, 7) is 1.43. The molecule has 0 bridgehead atoms. The summed E-state index contributed by atoms with van der Waals surface area (Å²) in [4.78, 5) is 13.0. The van der Waals surface area contributed by atoms with E-state index < -0.39 is 32.0 Å². The first kappa shape index (κ1) is 28.2. The van der Waals surface area contributed by atoms with E-state index in [1.165, 1.54) is 56.5 Å². The molecular weight excluding hydrogens is 562 g/mol. The van der Waals surface area contributed by atoms with Crippen LogP contribution in [0, 0.1) is 0 Å². The van der Waals surface area contributed by atoms with Crippen LogP contribution in [0.3, 0.4) is 0 Å². The lowest BCUT2D eigenvalue weighted by atomic mass is 10.1. The largest absolute Gasteiger partial charge is 0.495 e. The second-order valence-corrected chi connectivity index (χ2v) is 12.6. The van der Waals surface area contributed by atoms with Gasteiger partial charge in [0.25, 0.3) is 10.0 Å². The van der Waals surface area contributed by atoms with E-state index in [0.717, 1.165) is 21.3 Å². The number of halogens is 1. The summed E-state index contributed by atoms with van der Waals surface area (Å²) in [6.07, 6.45) is 0.984. The quantitative estimate of drug-likeness (QED) is 0.281. The highest BCUT2D eigenvalue weighted by Crippen LogP contribution is 2.31. The first-order valence-corrected chi connectivity index (χ1v) is 15.4. The van der Waals surface area contributed by atoms with E-state index in [1.54, 1.807) is 12.1 Å². The third-order valence-electron chi connectivity index (χ3n) is 5.94. The highest BCUT2D eigenvalue weighted by Gasteiger charge is 2.30. The monoisotopic (exact) mass is 587 g/mol. The summed E-state index contributed by atoms with van der Waals surface area (Å²) in [7, 11) is -6.36. The average Bonchev–Trinajstić information content (AvgIpc) is 2.88. The molecule has 4 rings (SSSR count). The molecule has 204 valence electrons. The molecule has 0 aromatic heterocycles. The molecule has 0 aliphatic carbocycles. The standard InChI is InChI=1S/C27H26ClN3O6S2/c1-18(31(38(3,33)34)21-13-16-26(37-2)24(28)17-21)27(32)29-20-11-14-22(15-12-20)39(35,36)30-25-10-6-8-19-7-4-5-9-23(19)25/h4-18,30H,1-3H3,(H,29,32)/t18-/m0/s1. The number of rotatable bonds is 9. The van der Waals surface area contributed by atoms with Crippen LogP contribution < -0.4 is 19.1 Å². The number of methoxy groups -OCH3 is 1. The minimum Gasteiger partial charge on any atom is -0.495 e. The Morgan fingerprint density at radius 1 is 0.923 bits per heavy atom. The lowest BCUT2D eigenvalue weighted by Crippen LogP contribution is -2.45. The van der Waals surface area contributed by atoms with Gasteiger partial charge in [0.05, 0.1) is 34.7 Å². The lowest BCUT2D eigenvalue weighted by molar-refractivity contribution is -0.116. The van der Waals surface area contributed by atoms with Crippen LogP contribution in [0.15, 0.2) is 89.8 Å². The van der Waals surface area contributed by atoms with Gasteiger partial charge in [0.15, 0.2) is 0 Å². The van der Waals surface area contributed by atoms with Crippen LogP contribution in [0.5, 0.6) is 5.75 Å². The molecule has 0 radical (unpaired) electrons. The summed E-state index contributed by atoms with van der Waals surface area (Å²) in [5, 5.41) is 4.47. The van der Waals surface area contributed by atoms with Crippen molar-refractivity contribution in [3.63, 3.8) is 0 Å². The number of nitrogens with zero attached hydrogens (tertiary/aromatic N) is 1. The molecule has 0 heterocycles. The molecule has 1 atom stereocenters. The average molecular weight is 588 g/mol. The Bertz CT molecular complexity index is 1740. The molecular formula is C27H26ClN3O6S2. The van der Waals surface area contributed by atoms with Crippen molar-refractivity contribution in [2.24, 2.45) is 0 Å². The minimum absolute atomic E-state index is 0.00730. The van der Waals surface area contributed by atoms with Crippen molar-refractivity contribution in [2.75, 3.05) is 27.7 Å². The van der Waals surface area contributed by atoms with Crippen LogP contribution in [0.4, 0.5) is 17.1 Å². The number of hydrogen-bond acceptors (Lipinski definition) is 6. The maximum Gasteiger partial charge on any atom is 0.261 e. The maximum absolute atomic E-state index is 13.0. The van der Waals surface area contributed by atoms with Crippen molar-refractivity contribution in [3.8, 4) is 5.75 Å². The molecule has 9 nitrogen and oxygen atoms in total. The molecule has 0 saturated heterocycles. The van der Waals surface area contributed by atoms with E-state index >= 15 is 0 Å². The second-order valence-electron chi connectivity index (χ2n) is 8.70. The van der Waals surface area contributed by atoms with Crippen molar-refractivity contribution in [2.45, 2.75) is 17.9 Å². The van der Waals surface area contributed by atoms with Gasteiger partial charge in [-0.15, -0.1) is 0 Å². The summed E-state index contributed by atoms with van der Waals surface area (Å²) in [6, 6.07) is 21.5. The molecule has 2 N–H and O–H groups in total. The topological polar surface area (TPSA) is 122 Å². The van der Waals surface area contributed by atoms with Crippen LogP contribution in [-0.4, -0.2) is 42.2 Å². The first-order chi connectivity index (χ1) is 18.4. The normalized spacial score (nSPS) is 12.5. The van der Waals surface area contributed by atoms with Gasteiger partial charge < -0.3 is 10.1 Å². The molecule has 0 saturated carbocycles. The fraction of sp³-hybridized carbons (Fsp3) is 0.148. The van der Waals surface area contributed by atoms with Gasteiger partial charge in [0.1, 0.15) is 11.8 Å². The van der Waals surface area contributed by atoms with Crippen molar-refractivity contribution in [3.05, 3.63) is 90.0 Å². The van der Waals surface area contributed by atoms with Gasteiger partial charge in [0, 0.05) is 11.1 Å². The second kappa shape index (κ2) is 11.1. The van der Waals surface area contributed by atoms with E-state index in [4.69, 9.17) is 16.3 Å². The zero-order chi connectivity index (χ0) is 28.4. The summed E-state index contributed by atoms with van der Waals surface area (Å²) in [5.41, 5.74) is 0.919. The number of ether oxygens (including phenoxy) is 1. The molecule has 39 heavy (non-hydrogen) atoms. The number of anilines is 3. The van der Waals surface area contributed by atoms with Gasteiger partial charge in [-0.1, -0.05) is 48.0 Å². The van der Waals surface area contributed by atoms with Crippen LogP contribution in [0.1, 0.15) is 6.92 Å². The third kappa shape index (κ3) is 6.27. The Morgan fingerprint density at radius 2 is 1.59 bits per heavy atom. The fourth-order valence-corrected chi connectivity index (χ4v) is 6.58. The molecule has 0 unspecified atom stereocenters. The summed E-state index contributed by atoms with van der Waals surface area (Å²) < 4.78 is 59.9. The molecule has 0 spiro atoms. The van der Waals surface area contributed by atoms with Crippen LogP contribution in [-0.2, 0) is 24.8 Å². The number of carbonyl (C=O) groups excluding carboxylic acids is 1. The van der Waals surface area contributed by atoms with Gasteiger partial charge in [0.2, 0.25) is 15.9 Å². The summed E-state index contributed by atoms with van der Waals surface area (Å²) >= 11 is 6.17. The Hall–Kier alpha value is -3.80. The smallest absolute Gasteiger partial charge is 0.261 e. The number of fused-ring (bicyclic) bond motifs is 1. The van der Waals surface area contributed by atoms with E-state index in [-0.39, 0.29) is 21.3 Å². The number of sulfonamides is 2. The number of carbonyl (C=O) groups is 1. The lowest BCUT2D eigenvalue weighted by Gasteiger charge is -2.28. The Morgan fingerprint density at radius 3 is 2.23 bits per heavy atom. The third-order valence-corrected chi connectivity index (χ3v) is 8.86. The molecule has 1 amide bonds. The van der Waals surface area contributed by atoms with E-state index in [9.17, 15) is 21.6 Å². The van der Waals surface area contributed by atoms with E-state index in [1.807, 2.05) is 30.3 Å². The Kier molecular flexibility index (Phi) is 8.05. The number of benzene rings is 4. The van der Waals surface area contributed by atoms with Crippen LogP contribution in [0.25, 0.3) is 10.8 Å². The first-order valence-electron chi connectivity index (χ1n) is 11.6. The van der Waals surface area contributed by atoms with E-state index in [0.29, 0.717) is 11.4 Å². The van der Waals surface area contributed by atoms with Crippen LogP contribution >= 0.6 is 11.6 Å². The van der Waals surface area contributed by atoms with Crippen LogP contribution in [0.2, 0.25) is 5.02 Å². The Labute approximate surface area is 232 Å². The zero-order valence-corrected chi connectivity index (χ0v) is 23.6. The zero-order valence-electron chi connectivity index (χ0n) is 21.3. The highest BCUT2D eigenvalue weighted by atomic mass is 35.5. The van der Waals surface area contributed by atoms with Gasteiger partial charge in [-0.05, 0) is 60.8 Å². The fourth-order valence-electron chi connectivity index (χ4n) is 4.08. The van der Waals surface area contributed by atoms with Crippen molar-refractivity contribution < 1.29 is 26.4 Å². The number of nitrogens with one attached hydrogen (secondary N) is 2. The highest BCUT2D eigenvalue weighted by molar-refractivity contribution is 7.92. The Balaban J connectivity index is 1.52. The van der Waals surface area contributed by atoms with Crippen molar-refractivity contribution in [1.82, 2.24) is 0 Å². The van der Waals surface area contributed by atoms with Crippen molar-refractivity contribution >= 4 is 65.4 Å². The summed E-state index contributed by atoms with van der Waals surface area (Å²) in [5.74, 6) is -0.271. The van der Waals surface area contributed by atoms with Gasteiger partial charge >= 0.3 is 0 Å². The molecule has 4 aromatic rings. The predicted molar refractivity (Wildman–Crippen MR) is 155 cm³/mol. The van der Waals surface area contributed by atoms with Gasteiger partial charge in [-0.2, -0.15) is 0 Å². The van der Waals surface area contributed by atoms with Gasteiger partial charge in [-0.25, -0.2) is 16.8 Å². The maximum atomic E-state index is 13.0. The van der Waals surface area contributed by atoms with Crippen molar-refractivity contribution in [1.29, 1.82) is 0 Å². The SMILES string of the molecule is COc1ccc(N([C@@H](C)C(=O)Nc2ccc(S(=O)(=O)Nc3cccc4ccccc34)cc2)S(C)(=O)=O)cc1Cl. The number of hydrogen-bond donors (Lipinski definition) is 2. The molecule has 12 heteroatoms. The number of amides is 1. The predicted octanol–water partition coefficient (Wildman–Crippen LogP) is 5.10. The van der Waals surface area contributed by atoms with Gasteiger partial charge in [-0.3, -0.25) is 13.8 Å². The molecule has 0 fully saturated rings. The molecule has 0 aliphatic heterocycles.